The lowest BCUT2D eigenvalue weighted by molar-refractivity contribution is -0.134. The van der Waals surface area contributed by atoms with E-state index in [1.807, 2.05) is 29.3 Å². The van der Waals surface area contributed by atoms with Crippen LogP contribution in [0.1, 0.15) is 38.2 Å². The van der Waals surface area contributed by atoms with Crippen molar-refractivity contribution in [3.8, 4) is 5.75 Å². The number of amides is 2. The second-order valence-corrected chi connectivity index (χ2v) is 5.95. The van der Waals surface area contributed by atoms with Crippen molar-refractivity contribution in [1.29, 1.82) is 0 Å². The Morgan fingerprint density at radius 1 is 1.32 bits per heavy atom. The summed E-state index contributed by atoms with van der Waals surface area (Å²) in [5, 5.41) is 2.41. The van der Waals surface area contributed by atoms with E-state index in [2.05, 4.69) is 25.2 Å². The summed E-state index contributed by atoms with van der Waals surface area (Å²) in [6, 6.07) is 5.71. The fraction of sp³-hybridized carbons (Fsp3) is 0.412. The first-order valence-electron chi connectivity index (χ1n) is 7.61. The van der Waals surface area contributed by atoms with Gasteiger partial charge in [0.25, 0.3) is 0 Å². The third kappa shape index (κ3) is 2.71. The van der Waals surface area contributed by atoms with Crippen LogP contribution in [-0.2, 0) is 9.59 Å². The second kappa shape index (κ2) is 5.83. The molecule has 2 amide bonds. The molecule has 0 aromatic heterocycles. The average Bonchev–Trinajstić information content (AvgIpc) is 2.69. The number of benzene rings is 1. The van der Waals surface area contributed by atoms with Crippen molar-refractivity contribution in [3.63, 3.8) is 0 Å². The summed E-state index contributed by atoms with van der Waals surface area (Å²) in [5.41, 5.74) is 2.07. The summed E-state index contributed by atoms with van der Waals surface area (Å²) in [5.74, 6) is 0.739. The molecule has 0 spiro atoms. The Labute approximate surface area is 129 Å². The van der Waals surface area contributed by atoms with E-state index in [9.17, 15) is 9.59 Å². The second-order valence-electron chi connectivity index (χ2n) is 5.95. The highest BCUT2D eigenvalue weighted by Gasteiger charge is 2.32. The molecule has 3 rings (SSSR count). The number of rotatable bonds is 2. The van der Waals surface area contributed by atoms with Gasteiger partial charge in [-0.1, -0.05) is 19.9 Å². The minimum atomic E-state index is -0.376. The molecule has 2 aliphatic rings. The van der Waals surface area contributed by atoms with Crippen molar-refractivity contribution in [2.45, 2.75) is 38.6 Å². The standard InChI is InChI=1S/C17H20N2O3/c1-11(2)12-4-5-13-15(10-12)22-9-3-8-19(13)14-6-7-16(20)18-17(14)21/h3-5,8,10-11,14H,6-7,9H2,1-2H3,(H,18,20,21). The summed E-state index contributed by atoms with van der Waals surface area (Å²) >= 11 is 0. The van der Waals surface area contributed by atoms with Crippen molar-refractivity contribution in [3.05, 3.63) is 36.0 Å². The van der Waals surface area contributed by atoms with Gasteiger partial charge in [0.2, 0.25) is 11.8 Å². The summed E-state index contributed by atoms with van der Waals surface area (Å²) in [4.78, 5) is 25.4. The molecule has 116 valence electrons. The van der Waals surface area contributed by atoms with E-state index in [1.54, 1.807) is 0 Å². The summed E-state index contributed by atoms with van der Waals surface area (Å²) in [6.07, 6.45) is 4.64. The predicted molar refractivity (Wildman–Crippen MR) is 83.8 cm³/mol. The molecule has 0 bridgehead atoms. The van der Waals surface area contributed by atoms with Crippen LogP contribution in [0.3, 0.4) is 0 Å². The molecule has 1 fully saturated rings. The molecule has 1 saturated heterocycles. The minimum Gasteiger partial charge on any atom is -0.487 e. The minimum absolute atomic E-state index is 0.202. The van der Waals surface area contributed by atoms with Crippen molar-refractivity contribution < 1.29 is 14.3 Å². The number of piperidine rings is 1. The molecule has 5 heteroatoms. The lowest BCUT2D eigenvalue weighted by atomic mass is 10.0. The Kier molecular flexibility index (Phi) is 3.88. The Bertz CT molecular complexity index is 637. The quantitative estimate of drug-likeness (QED) is 0.852. The number of nitrogens with one attached hydrogen (secondary N) is 1. The van der Waals surface area contributed by atoms with Gasteiger partial charge in [-0.3, -0.25) is 14.9 Å². The molecule has 1 aromatic rings. The largest absolute Gasteiger partial charge is 0.487 e. The zero-order valence-electron chi connectivity index (χ0n) is 12.8. The first-order chi connectivity index (χ1) is 10.6. The van der Waals surface area contributed by atoms with Gasteiger partial charge in [-0.15, -0.1) is 0 Å². The smallest absolute Gasteiger partial charge is 0.249 e. The molecule has 1 N–H and O–H groups in total. The van der Waals surface area contributed by atoms with Crippen LogP contribution in [-0.4, -0.2) is 24.5 Å². The predicted octanol–water partition coefficient (Wildman–Crippen LogP) is 2.33. The Morgan fingerprint density at radius 2 is 2.14 bits per heavy atom. The number of hydrogen-bond donors (Lipinski definition) is 1. The van der Waals surface area contributed by atoms with Crippen LogP contribution in [0, 0.1) is 0 Å². The van der Waals surface area contributed by atoms with Gasteiger partial charge in [0, 0.05) is 12.6 Å². The van der Waals surface area contributed by atoms with Gasteiger partial charge in [-0.25, -0.2) is 0 Å². The van der Waals surface area contributed by atoms with Crippen LogP contribution >= 0.6 is 0 Å². The van der Waals surface area contributed by atoms with E-state index in [4.69, 9.17) is 4.74 Å². The number of hydrogen-bond acceptors (Lipinski definition) is 4. The summed E-state index contributed by atoms with van der Waals surface area (Å²) in [7, 11) is 0. The van der Waals surface area contributed by atoms with Crippen LogP contribution < -0.4 is 15.0 Å². The van der Waals surface area contributed by atoms with Crippen LogP contribution in [0.25, 0.3) is 0 Å². The highest BCUT2D eigenvalue weighted by Crippen LogP contribution is 2.35. The molecule has 2 aliphatic heterocycles. The van der Waals surface area contributed by atoms with Gasteiger partial charge in [0.1, 0.15) is 18.4 Å². The molecular formula is C17H20N2O3. The maximum absolute atomic E-state index is 12.2. The topological polar surface area (TPSA) is 58.6 Å². The van der Waals surface area contributed by atoms with Gasteiger partial charge in [-0.05, 0) is 36.1 Å². The Hall–Kier alpha value is -2.30. The molecule has 0 aliphatic carbocycles. The molecular weight excluding hydrogens is 280 g/mol. The lowest BCUT2D eigenvalue weighted by Crippen LogP contribution is -2.51. The molecule has 1 atom stereocenters. The third-order valence-corrected chi connectivity index (χ3v) is 4.08. The highest BCUT2D eigenvalue weighted by molar-refractivity contribution is 6.02. The number of imide groups is 1. The molecule has 2 heterocycles. The average molecular weight is 300 g/mol. The first kappa shape index (κ1) is 14.6. The zero-order valence-corrected chi connectivity index (χ0v) is 12.8. The van der Waals surface area contributed by atoms with E-state index >= 15 is 0 Å². The maximum atomic E-state index is 12.2. The number of ether oxygens (including phenoxy) is 1. The van der Waals surface area contributed by atoms with Crippen molar-refractivity contribution >= 4 is 17.5 Å². The van der Waals surface area contributed by atoms with Gasteiger partial charge < -0.3 is 9.64 Å². The fourth-order valence-corrected chi connectivity index (χ4v) is 2.81. The Balaban J connectivity index is 1.96. The van der Waals surface area contributed by atoms with Gasteiger partial charge in [-0.2, -0.15) is 0 Å². The number of fused-ring (bicyclic) bond motifs is 1. The van der Waals surface area contributed by atoms with E-state index in [1.165, 1.54) is 5.56 Å². The van der Waals surface area contributed by atoms with Crippen molar-refractivity contribution in [2.75, 3.05) is 11.5 Å². The Morgan fingerprint density at radius 3 is 2.86 bits per heavy atom. The number of anilines is 1. The van der Waals surface area contributed by atoms with E-state index in [0.717, 1.165) is 11.4 Å². The molecule has 0 radical (unpaired) electrons. The molecule has 1 unspecified atom stereocenters. The van der Waals surface area contributed by atoms with E-state index < -0.39 is 0 Å². The van der Waals surface area contributed by atoms with Crippen molar-refractivity contribution in [1.82, 2.24) is 5.32 Å². The molecule has 0 saturated carbocycles. The van der Waals surface area contributed by atoms with Gasteiger partial charge >= 0.3 is 0 Å². The molecule has 22 heavy (non-hydrogen) atoms. The van der Waals surface area contributed by atoms with Gasteiger partial charge in [0.15, 0.2) is 0 Å². The van der Waals surface area contributed by atoms with Crippen LogP contribution in [0.2, 0.25) is 0 Å². The maximum Gasteiger partial charge on any atom is 0.249 e. The molecule has 5 nitrogen and oxygen atoms in total. The zero-order chi connectivity index (χ0) is 15.7. The normalized spacial score (nSPS) is 21.2. The highest BCUT2D eigenvalue weighted by atomic mass is 16.5. The van der Waals surface area contributed by atoms with Crippen LogP contribution in [0.4, 0.5) is 5.69 Å². The number of carbonyl (C=O) groups is 2. The fourth-order valence-electron chi connectivity index (χ4n) is 2.81. The summed E-state index contributed by atoms with van der Waals surface area (Å²) in [6.45, 7) is 4.74. The lowest BCUT2D eigenvalue weighted by Gasteiger charge is -2.32. The van der Waals surface area contributed by atoms with Crippen molar-refractivity contribution in [2.24, 2.45) is 0 Å². The van der Waals surface area contributed by atoms with E-state index in [-0.39, 0.29) is 17.9 Å². The van der Waals surface area contributed by atoms with Crippen LogP contribution in [0.15, 0.2) is 30.5 Å². The SMILES string of the molecule is CC(C)c1ccc2c(c1)OCC=CN2C1CCC(=O)NC1=O. The molecule has 1 aromatic carbocycles. The summed E-state index contributed by atoms with van der Waals surface area (Å²) < 4.78 is 5.79. The monoisotopic (exact) mass is 300 g/mol. The number of nitrogens with zero attached hydrogens (tertiary/aromatic N) is 1. The first-order valence-corrected chi connectivity index (χ1v) is 7.61. The van der Waals surface area contributed by atoms with E-state index in [0.29, 0.717) is 25.4 Å². The van der Waals surface area contributed by atoms with Gasteiger partial charge in [0.05, 0.1) is 5.69 Å². The third-order valence-electron chi connectivity index (χ3n) is 4.08. The van der Waals surface area contributed by atoms with Crippen LogP contribution in [0.5, 0.6) is 5.75 Å². The number of carbonyl (C=O) groups excluding carboxylic acids is 2.